The van der Waals surface area contributed by atoms with Gasteiger partial charge in [-0.3, -0.25) is 23.7 Å². The summed E-state index contributed by atoms with van der Waals surface area (Å²) in [6, 6.07) is 8.70. The van der Waals surface area contributed by atoms with Gasteiger partial charge in [-0.05, 0) is 12.1 Å². The van der Waals surface area contributed by atoms with E-state index in [0.29, 0.717) is 11.3 Å². The molecule has 3 aromatic rings. The van der Waals surface area contributed by atoms with E-state index in [1.54, 1.807) is 24.3 Å². The topological polar surface area (TPSA) is 207 Å². The Kier molecular flexibility index (Phi) is 6.40. The van der Waals surface area contributed by atoms with E-state index in [4.69, 9.17) is 15.0 Å². The number of H-pyrrole nitrogens is 1. The fraction of sp³-hybridized carbons (Fsp3) is 0.368. The first kappa shape index (κ1) is 23.9. The average molecular weight is 523 g/mol. The van der Waals surface area contributed by atoms with Crippen LogP contribution in [0.15, 0.2) is 40.3 Å². The molecule has 186 valence electrons. The number of thioether (sulfide) groups is 1. The second-order valence-electron chi connectivity index (χ2n) is 7.73. The number of phosphoric acid groups is 1. The molecule has 2 aliphatic rings. The third kappa shape index (κ3) is 4.71. The van der Waals surface area contributed by atoms with Gasteiger partial charge in [-0.1, -0.05) is 30.0 Å². The summed E-state index contributed by atoms with van der Waals surface area (Å²) >= 11 is 1.17. The van der Waals surface area contributed by atoms with E-state index in [2.05, 4.69) is 24.8 Å². The Balaban J connectivity index is 1.39. The number of fused-ring (bicyclic) bond motifs is 2. The number of aliphatic hydroxyl groups excluding tert-OH is 1. The van der Waals surface area contributed by atoms with Crippen molar-refractivity contribution in [3.63, 3.8) is 0 Å². The predicted molar refractivity (Wildman–Crippen MR) is 120 cm³/mol. The highest BCUT2D eigenvalue weighted by atomic mass is 32.2. The SMILES string of the molecule is Nc1nc2c(nc(SCCNC(=O)c3ccccc3)n2[C@@H]2OC3COP(=O)([O-])O[C@H]3C2O)c(=O)[nH]1. The number of hydrogen-bond donors (Lipinski definition) is 4. The zero-order chi connectivity index (χ0) is 24.7. The number of phosphoric ester groups is 1. The molecular weight excluding hydrogens is 503 g/mol. The summed E-state index contributed by atoms with van der Waals surface area (Å²) in [7, 11) is -4.58. The highest BCUT2D eigenvalue weighted by Crippen LogP contribution is 2.50. The van der Waals surface area contributed by atoms with Crippen molar-refractivity contribution in [2.45, 2.75) is 29.7 Å². The van der Waals surface area contributed by atoms with Gasteiger partial charge < -0.3 is 34.8 Å². The van der Waals surface area contributed by atoms with Crippen LogP contribution in [0.25, 0.3) is 11.2 Å². The standard InChI is InChI=1S/C19H21N6O8PS/c20-18-23-14-11(16(28)24-18)22-19(35-7-6-21-15(27)9-4-2-1-3-5-9)25(14)17-12(26)13-10(32-17)8-31-34(29,30)33-13/h1-5,10,12-13,17,26H,6-8H2,(H,21,27)(H,29,30)(H3,20,23,24,28)/p-1/t10?,12?,13-,17-/m1/s1. The number of aromatic amines is 1. The molecule has 35 heavy (non-hydrogen) atoms. The van der Waals surface area contributed by atoms with E-state index in [-0.39, 0.29) is 41.3 Å². The molecule has 0 aliphatic carbocycles. The maximum absolute atomic E-state index is 12.4. The minimum atomic E-state index is -4.58. The second kappa shape index (κ2) is 9.35. The number of imidazole rings is 1. The molecule has 4 heterocycles. The zero-order valence-electron chi connectivity index (χ0n) is 17.9. The average Bonchev–Trinajstić information content (AvgIpc) is 3.33. The van der Waals surface area contributed by atoms with Gasteiger partial charge >= 0.3 is 0 Å². The van der Waals surface area contributed by atoms with Crippen LogP contribution in [0.4, 0.5) is 5.95 Å². The molecule has 14 nitrogen and oxygen atoms in total. The predicted octanol–water partition coefficient (Wildman–Crippen LogP) is -0.634. The number of hydrogen-bond acceptors (Lipinski definition) is 12. The van der Waals surface area contributed by atoms with Crippen molar-refractivity contribution < 1.29 is 33.1 Å². The highest BCUT2D eigenvalue weighted by Gasteiger charge is 2.51. The normalized spacial score (nSPS) is 28.2. The van der Waals surface area contributed by atoms with Crippen molar-refractivity contribution in [3.8, 4) is 0 Å². The largest absolute Gasteiger partial charge is 0.756 e. The molecule has 5 atom stereocenters. The number of nitrogens with two attached hydrogens (primary N) is 1. The lowest BCUT2D eigenvalue weighted by molar-refractivity contribution is -0.245. The zero-order valence-corrected chi connectivity index (χ0v) is 19.6. The Morgan fingerprint density at radius 3 is 2.91 bits per heavy atom. The van der Waals surface area contributed by atoms with Gasteiger partial charge in [0, 0.05) is 17.9 Å². The minimum absolute atomic E-state index is 0.0380. The molecule has 2 fully saturated rings. The summed E-state index contributed by atoms with van der Waals surface area (Å²) in [5.74, 6) is -0.0763. The number of carbonyl (C=O) groups is 1. The lowest BCUT2D eigenvalue weighted by atomic mass is 10.1. The summed E-state index contributed by atoms with van der Waals surface area (Å²) in [5, 5.41) is 13.9. The summed E-state index contributed by atoms with van der Waals surface area (Å²) in [4.78, 5) is 47.2. The number of aromatic nitrogens is 4. The Hall–Kier alpha value is -2.78. The number of nitrogens with zero attached hydrogens (tertiary/aromatic N) is 3. The van der Waals surface area contributed by atoms with Crippen LogP contribution in [0.2, 0.25) is 0 Å². The van der Waals surface area contributed by atoms with Crippen molar-refractivity contribution >= 4 is 42.6 Å². The Morgan fingerprint density at radius 1 is 1.37 bits per heavy atom. The number of ether oxygens (including phenoxy) is 1. The molecular formula is C19H20N6O8PS-. The van der Waals surface area contributed by atoms with E-state index < -0.39 is 37.9 Å². The lowest BCUT2D eigenvalue weighted by Crippen LogP contribution is -2.41. The van der Waals surface area contributed by atoms with Gasteiger partial charge in [0.2, 0.25) is 5.95 Å². The molecule has 0 bridgehead atoms. The first-order chi connectivity index (χ1) is 16.7. The fourth-order valence-corrected chi connectivity index (χ4v) is 5.67. The molecule has 5 rings (SSSR count). The number of nitrogens with one attached hydrogen (secondary N) is 2. The van der Waals surface area contributed by atoms with E-state index in [1.807, 2.05) is 6.07 Å². The molecule has 2 aromatic heterocycles. The first-order valence-electron chi connectivity index (χ1n) is 10.4. The van der Waals surface area contributed by atoms with Crippen LogP contribution in [0.1, 0.15) is 16.6 Å². The van der Waals surface area contributed by atoms with E-state index in [1.165, 1.54) is 16.3 Å². The van der Waals surface area contributed by atoms with Crippen LogP contribution in [0, 0.1) is 0 Å². The lowest BCUT2D eigenvalue weighted by Gasteiger charge is -2.34. The van der Waals surface area contributed by atoms with Gasteiger partial charge in [-0.25, -0.2) is 4.98 Å². The Morgan fingerprint density at radius 2 is 2.14 bits per heavy atom. The number of carbonyl (C=O) groups excluding carboxylic acids is 1. The molecule has 1 aromatic carbocycles. The van der Waals surface area contributed by atoms with Gasteiger partial charge in [0.1, 0.15) is 18.3 Å². The third-order valence-electron chi connectivity index (χ3n) is 5.40. The molecule has 0 spiro atoms. The minimum Gasteiger partial charge on any atom is -0.756 e. The van der Waals surface area contributed by atoms with Crippen LogP contribution in [-0.4, -0.2) is 67.7 Å². The summed E-state index contributed by atoms with van der Waals surface area (Å²) in [6.07, 6.45) is -4.72. The molecule has 0 radical (unpaired) electrons. The van der Waals surface area contributed by atoms with Crippen LogP contribution in [-0.2, 0) is 18.3 Å². The number of amides is 1. The number of aliphatic hydroxyl groups is 1. The van der Waals surface area contributed by atoms with E-state index in [9.17, 15) is 24.2 Å². The maximum atomic E-state index is 12.4. The van der Waals surface area contributed by atoms with Crippen molar-refractivity contribution in [3.05, 3.63) is 46.2 Å². The van der Waals surface area contributed by atoms with Gasteiger partial charge in [-0.2, -0.15) is 4.98 Å². The highest BCUT2D eigenvalue weighted by molar-refractivity contribution is 7.99. The number of benzene rings is 1. The van der Waals surface area contributed by atoms with Crippen LogP contribution in [0.3, 0.4) is 0 Å². The van der Waals surface area contributed by atoms with Gasteiger partial charge in [0.15, 0.2) is 22.5 Å². The summed E-state index contributed by atoms with van der Waals surface area (Å²) < 4.78 is 28.5. The van der Waals surface area contributed by atoms with Crippen molar-refractivity contribution in [2.75, 3.05) is 24.6 Å². The van der Waals surface area contributed by atoms with Crippen molar-refractivity contribution in [1.82, 2.24) is 24.8 Å². The van der Waals surface area contributed by atoms with Crippen molar-refractivity contribution in [1.29, 1.82) is 0 Å². The van der Waals surface area contributed by atoms with E-state index >= 15 is 0 Å². The maximum Gasteiger partial charge on any atom is 0.280 e. The Bertz CT molecular complexity index is 1370. The molecule has 5 N–H and O–H groups in total. The van der Waals surface area contributed by atoms with Gasteiger partial charge in [-0.15, -0.1) is 0 Å². The second-order valence-corrected chi connectivity index (χ2v) is 10.2. The monoisotopic (exact) mass is 523 g/mol. The molecule has 3 unspecified atom stereocenters. The number of anilines is 1. The molecule has 1 amide bonds. The number of rotatable bonds is 6. The Labute approximate surface area is 201 Å². The van der Waals surface area contributed by atoms with Crippen LogP contribution >= 0.6 is 19.6 Å². The smallest absolute Gasteiger partial charge is 0.280 e. The first-order valence-corrected chi connectivity index (χ1v) is 12.9. The van der Waals surface area contributed by atoms with Gasteiger partial charge in [0.25, 0.3) is 19.3 Å². The summed E-state index contributed by atoms with van der Waals surface area (Å²) in [5.41, 5.74) is 5.61. The van der Waals surface area contributed by atoms with Crippen molar-refractivity contribution in [2.24, 2.45) is 0 Å². The fourth-order valence-electron chi connectivity index (χ4n) is 3.85. The molecule has 16 heteroatoms. The summed E-state index contributed by atoms with van der Waals surface area (Å²) in [6.45, 7) is -0.0705. The van der Waals surface area contributed by atoms with E-state index in [0.717, 1.165) is 0 Å². The van der Waals surface area contributed by atoms with Crippen LogP contribution < -0.4 is 21.5 Å². The molecule has 2 aliphatic heterocycles. The third-order valence-corrected chi connectivity index (χ3v) is 7.32. The van der Waals surface area contributed by atoms with Gasteiger partial charge in [0.05, 0.1) is 6.61 Å². The number of nitrogen functional groups attached to an aromatic ring is 1. The van der Waals surface area contributed by atoms with Crippen LogP contribution in [0.5, 0.6) is 0 Å². The quantitative estimate of drug-likeness (QED) is 0.181. The molecule has 0 saturated carbocycles. The molecule has 2 saturated heterocycles.